The van der Waals surface area contributed by atoms with Crippen molar-refractivity contribution in [2.24, 2.45) is 0 Å². The maximum Gasteiger partial charge on any atom is 0.239 e. The Bertz CT molecular complexity index is 967. The number of carbonyl (C=O) groups excluding carboxylic acids is 1. The molecule has 1 aliphatic carbocycles. The second-order valence-corrected chi connectivity index (χ2v) is 9.00. The van der Waals surface area contributed by atoms with Gasteiger partial charge < -0.3 is 10.6 Å². The molecule has 4 rings (SSSR count). The van der Waals surface area contributed by atoms with Gasteiger partial charge in [0.1, 0.15) is 16.5 Å². The van der Waals surface area contributed by atoms with E-state index in [1.54, 1.807) is 23.1 Å². The number of fused-ring (bicyclic) bond motifs is 1. The summed E-state index contributed by atoms with van der Waals surface area (Å²) in [5.74, 6) is 2.26. The molecule has 27 heavy (non-hydrogen) atoms. The Balaban J connectivity index is 1.55. The fraction of sp³-hybridized carbons (Fsp3) is 0.350. The second kappa shape index (κ2) is 7.86. The maximum absolute atomic E-state index is 12.1. The third-order valence-corrected chi connectivity index (χ3v) is 6.65. The Kier molecular flexibility index (Phi) is 5.31. The summed E-state index contributed by atoms with van der Waals surface area (Å²) in [6.45, 7) is 4.43. The highest BCUT2D eigenvalue weighted by Gasteiger charge is 2.23. The number of nitrogens with one attached hydrogen (secondary N) is 2. The number of anilines is 1. The third kappa shape index (κ3) is 4.42. The average Bonchev–Trinajstić information content (AvgIpc) is 3.43. The third-order valence-electron chi connectivity index (χ3n) is 4.54. The Morgan fingerprint density at radius 1 is 1.22 bits per heavy atom. The molecule has 1 fully saturated rings. The van der Waals surface area contributed by atoms with E-state index in [2.05, 4.69) is 36.6 Å². The van der Waals surface area contributed by atoms with E-state index in [1.807, 2.05) is 18.2 Å². The predicted octanol–water partition coefficient (Wildman–Crippen LogP) is 4.29. The van der Waals surface area contributed by atoms with E-state index in [0.29, 0.717) is 11.8 Å². The number of thioether (sulfide) groups is 1. The number of amides is 1. The topological polar surface area (TPSA) is 66.9 Å². The molecule has 1 amide bonds. The zero-order chi connectivity index (χ0) is 18.8. The van der Waals surface area contributed by atoms with E-state index < -0.39 is 0 Å². The number of aromatic nitrogens is 2. The lowest BCUT2D eigenvalue weighted by molar-refractivity contribution is -0.119. The Labute approximate surface area is 167 Å². The highest BCUT2D eigenvalue weighted by molar-refractivity contribution is 7.98. The van der Waals surface area contributed by atoms with Crippen LogP contribution in [0.2, 0.25) is 0 Å². The molecule has 2 aromatic heterocycles. The van der Waals surface area contributed by atoms with Crippen molar-refractivity contribution in [3.8, 4) is 0 Å². The number of aryl methyl sites for hydroxylation is 2. The minimum atomic E-state index is 0.0223. The number of thiophene rings is 1. The van der Waals surface area contributed by atoms with E-state index in [9.17, 15) is 4.79 Å². The minimum Gasteiger partial charge on any atom is -0.360 e. The molecule has 0 spiro atoms. The summed E-state index contributed by atoms with van der Waals surface area (Å²) >= 11 is 3.40. The number of carbonyl (C=O) groups is 1. The van der Waals surface area contributed by atoms with Crippen LogP contribution in [0.1, 0.15) is 29.1 Å². The number of rotatable bonds is 7. The Hall–Kier alpha value is -2.12. The maximum atomic E-state index is 12.1. The van der Waals surface area contributed by atoms with Crippen LogP contribution in [0, 0.1) is 13.8 Å². The lowest BCUT2D eigenvalue weighted by atomic mass is 10.2. The molecule has 2 N–H and O–H groups in total. The summed E-state index contributed by atoms with van der Waals surface area (Å²) in [6.07, 6.45) is 2.18. The highest BCUT2D eigenvalue weighted by Crippen LogP contribution is 2.34. The Morgan fingerprint density at radius 2 is 2.00 bits per heavy atom. The zero-order valence-electron chi connectivity index (χ0n) is 15.4. The van der Waals surface area contributed by atoms with Crippen LogP contribution in [0.5, 0.6) is 0 Å². The molecule has 3 aromatic rings. The van der Waals surface area contributed by atoms with E-state index in [1.165, 1.54) is 15.3 Å². The fourth-order valence-corrected chi connectivity index (χ4v) is 4.64. The van der Waals surface area contributed by atoms with Gasteiger partial charge in [0.25, 0.3) is 0 Å². The molecular formula is C20H22N4OS2. The van der Waals surface area contributed by atoms with Gasteiger partial charge in [-0.3, -0.25) is 4.79 Å². The molecule has 0 radical (unpaired) electrons. The van der Waals surface area contributed by atoms with Gasteiger partial charge in [0.05, 0.1) is 17.7 Å². The first-order chi connectivity index (χ1) is 13.1. The van der Waals surface area contributed by atoms with Gasteiger partial charge in [0, 0.05) is 15.8 Å². The number of benzene rings is 1. The first kappa shape index (κ1) is 18.3. The molecular weight excluding hydrogens is 376 g/mol. The molecule has 0 atom stereocenters. The normalized spacial score (nSPS) is 13.7. The monoisotopic (exact) mass is 398 g/mol. The summed E-state index contributed by atoms with van der Waals surface area (Å²) < 4.78 is 0. The van der Waals surface area contributed by atoms with E-state index in [4.69, 9.17) is 9.97 Å². The summed E-state index contributed by atoms with van der Waals surface area (Å²) in [5, 5.41) is 7.29. The summed E-state index contributed by atoms with van der Waals surface area (Å²) in [4.78, 5) is 25.0. The van der Waals surface area contributed by atoms with Crippen molar-refractivity contribution in [2.75, 3.05) is 11.9 Å². The molecule has 1 aliphatic rings. The zero-order valence-corrected chi connectivity index (χ0v) is 17.0. The van der Waals surface area contributed by atoms with E-state index in [-0.39, 0.29) is 12.5 Å². The van der Waals surface area contributed by atoms with Crippen molar-refractivity contribution in [3.05, 3.63) is 46.6 Å². The summed E-state index contributed by atoms with van der Waals surface area (Å²) in [5.41, 5.74) is 1.18. The minimum absolute atomic E-state index is 0.0223. The van der Waals surface area contributed by atoms with Crippen molar-refractivity contribution in [1.29, 1.82) is 0 Å². The van der Waals surface area contributed by atoms with Crippen molar-refractivity contribution >= 4 is 45.0 Å². The van der Waals surface area contributed by atoms with Crippen LogP contribution >= 0.6 is 23.1 Å². The molecule has 0 aliphatic heterocycles. The smallest absolute Gasteiger partial charge is 0.239 e. The van der Waals surface area contributed by atoms with Gasteiger partial charge in [-0.1, -0.05) is 18.2 Å². The highest BCUT2D eigenvalue weighted by atomic mass is 32.2. The Morgan fingerprint density at radius 3 is 2.74 bits per heavy atom. The summed E-state index contributed by atoms with van der Waals surface area (Å²) in [6, 6.07) is 10.6. The van der Waals surface area contributed by atoms with Crippen molar-refractivity contribution < 1.29 is 4.79 Å². The molecule has 5 nitrogen and oxygen atoms in total. The molecule has 140 valence electrons. The van der Waals surface area contributed by atoms with Crippen LogP contribution in [-0.2, 0) is 10.5 Å². The van der Waals surface area contributed by atoms with Crippen molar-refractivity contribution in [3.63, 3.8) is 0 Å². The standard InChI is InChI=1S/C20H22N4OS2/c1-12-13(2)27-20-18(12)19(21-10-17(25)22-14-8-9-14)23-16(24-20)11-26-15-6-4-3-5-7-15/h3-7,14H,8-11H2,1-2H3,(H,22,25)(H,21,23,24). The van der Waals surface area contributed by atoms with Gasteiger partial charge >= 0.3 is 0 Å². The molecule has 1 saturated carbocycles. The molecule has 1 aromatic carbocycles. The van der Waals surface area contributed by atoms with Gasteiger partial charge in [-0.15, -0.1) is 23.1 Å². The lowest BCUT2D eigenvalue weighted by Gasteiger charge is -2.10. The van der Waals surface area contributed by atoms with Crippen LogP contribution < -0.4 is 10.6 Å². The van der Waals surface area contributed by atoms with Crippen LogP contribution in [0.4, 0.5) is 5.82 Å². The van der Waals surface area contributed by atoms with Crippen LogP contribution in [-0.4, -0.2) is 28.5 Å². The second-order valence-electron chi connectivity index (χ2n) is 6.75. The molecule has 0 bridgehead atoms. The molecule has 0 saturated heterocycles. The average molecular weight is 399 g/mol. The molecule has 2 heterocycles. The van der Waals surface area contributed by atoms with Crippen LogP contribution in [0.3, 0.4) is 0 Å². The van der Waals surface area contributed by atoms with Gasteiger partial charge in [-0.25, -0.2) is 9.97 Å². The predicted molar refractivity (Wildman–Crippen MR) is 113 cm³/mol. The number of hydrogen-bond acceptors (Lipinski definition) is 6. The van der Waals surface area contributed by atoms with E-state index >= 15 is 0 Å². The number of nitrogens with zero attached hydrogens (tertiary/aromatic N) is 2. The van der Waals surface area contributed by atoms with Gasteiger partial charge in [-0.05, 0) is 44.4 Å². The van der Waals surface area contributed by atoms with Crippen molar-refractivity contribution in [2.45, 2.75) is 43.4 Å². The summed E-state index contributed by atoms with van der Waals surface area (Å²) in [7, 11) is 0. The van der Waals surface area contributed by atoms with Crippen LogP contribution in [0.15, 0.2) is 35.2 Å². The van der Waals surface area contributed by atoms with Gasteiger partial charge in [0.2, 0.25) is 5.91 Å². The number of hydrogen-bond donors (Lipinski definition) is 2. The molecule has 0 unspecified atom stereocenters. The largest absolute Gasteiger partial charge is 0.360 e. The van der Waals surface area contributed by atoms with Crippen molar-refractivity contribution in [1.82, 2.24) is 15.3 Å². The van der Waals surface area contributed by atoms with Gasteiger partial charge in [-0.2, -0.15) is 0 Å². The first-order valence-corrected chi connectivity index (χ1v) is 10.9. The SMILES string of the molecule is Cc1sc2nc(CSc3ccccc3)nc(NCC(=O)NC3CC3)c2c1C. The quantitative estimate of drug-likeness (QED) is 0.581. The van der Waals surface area contributed by atoms with Crippen LogP contribution in [0.25, 0.3) is 10.2 Å². The van der Waals surface area contributed by atoms with Gasteiger partial charge in [0.15, 0.2) is 0 Å². The van der Waals surface area contributed by atoms with E-state index in [0.717, 1.165) is 34.7 Å². The fourth-order valence-electron chi connectivity index (χ4n) is 2.82. The lowest BCUT2D eigenvalue weighted by Crippen LogP contribution is -2.31. The first-order valence-electron chi connectivity index (χ1n) is 9.08. The molecule has 7 heteroatoms.